The summed E-state index contributed by atoms with van der Waals surface area (Å²) in [6, 6.07) is 8.46. The first kappa shape index (κ1) is 20.7. The van der Waals surface area contributed by atoms with Gasteiger partial charge in [-0.05, 0) is 43.9 Å². The van der Waals surface area contributed by atoms with Gasteiger partial charge in [0.05, 0.1) is 5.75 Å². The summed E-state index contributed by atoms with van der Waals surface area (Å²) in [5.41, 5.74) is 1.29. The van der Waals surface area contributed by atoms with Crippen molar-refractivity contribution in [2.24, 2.45) is 0 Å². The van der Waals surface area contributed by atoms with Crippen molar-refractivity contribution in [3.8, 4) is 5.75 Å². The van der Waals surface area contributed by atoms with Crippen LogP contribution < -0.4 is 10.1 Å². The van der Waals surface area contributed by atoms with Gasteiger partial charge in [-0.3, -0.25) is 4.79 Å². The molecule has 0 unspecified atom stereocenters. The van der Waals surface area contributed by atoms with Gasteiger partial charge in [0.15, 0.2) is 11.0 Å². The van der Waals surface area contributed by atoms with Crippen LogP contribution in [0.5, 0.6) is 5.75 Å². The molecule has 0 aliphatic heterocycles. The van der Waals surface area contributed by atoms with Crippen molar-refractivity contribution in [1.82, 2.24) is 20.1 Å². The van der Waals surface area contributed by atoms with Crippen molar-refractivity contribution in [3.63, 3.8) is 0 Å². The van der Waals surface area contributed by atoms with E-state index < -0.39 is 0 Å². The summed E-state index contributed by atoms with van der Waals surface area (Å²) >= 11 is 1.44. The van der Waals surface area contributed by atoms with Crippen molar-refractivity contribution >= 4 is 17.7 Å². The van der Waals surface area contributed by atoms with Crippen LogP contribution in [0.3, 0.4) is 0 Å². The monoisotopic (exact) mass is 402 g/mol. The minimum Gasteiger partial charge on any atom is -0.486 e. The van der Waals surface area contributed by atoms with E-state index in [9.17, 15) is 4.79 Å². The van der Waals surface area contributed by atoms with Crippen LogP contribution >= 0.6 is 11.8 Å². The van der Waals surface area contributed by atoms with Gasteiger partial charge >= 0.3 is 0 Å². The lowest BCUT2D eigenvalue weighted by Gasteiger charge is -2.22. The maximum Gasteiger partial charge on any atom is 0.230 e. The smallest absolute Gasteiger partial charge is 0.230 e. The number of amides is 1. The first-order valence-electron chi connectivity index (χ1n) is 10.3. The molecule has 3 rings (SSSR count). The molecular formula is C21H30N4O2S. The molecule has 1 aliphatic rings. The first-order chi connectivity index (χ1) is 13.7. The Kier molecular flexibility index (Phi) is 7.77. The molecule has 1 saturated carbocycles. The molecule has 6 nitrogen and oxygen atoms in total. The third kappa shape index (κ3) is 5.74. The van der Waals surface area contributed by atoms with Crippen molar-refractivity contribution < 1.29 is 9.53 Å². The molecule has 1 aromatic carbocycles. The molecule has 28 heavy (non-hydrogen) atoms. The van der Waals surface area contributed by atoms with E-state index >= 15 is 0 Å². The Balaban J connectivity index is 1.51. The number of rotatable bonds is 9. The molecule has 2 aromatic rings. The zero-order valence-corrected chi connectivity index (χ0v) is 17.6. The molecule has 7 heteroatoms. The normalized spacial score (nSPS) is 14.8. The number of carbonyl (C=O) groups is 1. The molecule has 1 aromatic heterocycles. The Hall–Kier alpha value is -2.02. The number of aryl methyl sites for hydroxylation is 1. The highest BCUT2D eigenvalue weighted by Gasteiger charge is 2.17. The zero-order valence-electron chi connectivity index (χ0n) is 16.8. The fraction of sp³-hybridized carbons (Fsp3) is 0.571. The highest BCUT2D eigenvalue weighted by atomic mass is 32.2. The summed E-state index contributed by atoms with van der Waals surface area (Å²) in [6.45, 7) is 5.29. The van der Waals surface area contributed by atoms with Crippen LogP contribution in [-0.2, 0) is 24.4 Å². The maximum atomic E-state index is 12.2. The van der Waals surface area contributed by atoms with E-state index in [0.29, 0.717) is 18.4 Å². The zero-order chi connectivity index (χ0) is 19.8. The lowest BCUT2D eigenvalue weighted by molar-refractivity contribution is -0.119. The van der Waals surface area contributed by atoms with Gasteiger partial charge in [-0.1, -0.05) is 50.1 Å². The fourth-order valence-electron chi connectivity index (χ4n) is 3.47. The van der Waals surface area contributed by atoms with Gasteiger partial charge in [0, 0.05) is 12.6 Å². The molecule has 1 fully saturated rings. The molecule has 152 valence electrons. The summed E-state index contributed by atoms with van der Waals surface area (Å²) in [6.07, 6.45) is 6.93. The van der Waals surface area contributed by atoms with E-state index in [1.807, 2.05) is 16.7 Å². The molecule has 1 N–H and O–H groups in total. The van der Waals surface area contributed by atoms with Crippen LogP contribution in [0.2, 0.25) is 0 Å². The second-order valence-electron chi connectivity index (χ2n) is 7.12. The highest BCUT2D eigenvalue weighted by Crippen LogP contribution is 2.20. The average molecular weight is 403 g/mol. The molecule has 1 amide bonds. The number of hydrogen-bond donors (Lipinski definition) is 1. The lowest BCUT2D eigenvalue weighted by atomic mass is 9.95. The number of aromatic nitrogens is 3. The molecule has 0 spiro atoms. The van der Waals surface area contributed by atoms with Gasteiger partial charge in [-0.25, -0.2) is 0 Å². The van der Waals surface area contributed by atoms with E-state index in [2.05, 4.69) is 41.5 Å². The van der Waals surface area contributed by atoms with Crippen molar-refractivity contribution in [2.75, 3.05) is 5.75 Å². The quantitative estimate of drug-likeness (QED) is 0.643. The van der Waals surface area contributed by atoms with Gasteiger partial charge in [0.2, 0.25) is 5.91 Å². The molecule has 0 radical (unpaired) electrons. The number of benzene rings is 1. The van der Waals surface area contributed by atoms with Crippen LogP contribution in [0.15, 0.2) is 29.4 Å². The number of ether oxygens (including phenoxy) is 1. The van der Waals surface area contributed by atoms with Gasteiger partial charge in [-0.2, -0.15) is 0 Å². The van der Waals surface area contributed by atoms with Crippen LogP contribution in [-0.4, -0.2) is 32.5 Å². The van der Waals surface area contributed by atoms with Gasteiger partial charge < -0.3 is 14.6 Å². The summed E-state index contributed by atoms with van der Waals surface area (Å²) in [7, 11) is 0. The van der Waals surface area contributed by atoms with Crippen LogP contribution in [0.25, 0.3) is 0 Å². The van der Waals surface area contributed by atoms with E-state index in [4.69, 9.17) is 4.74 Å². The molecule has 1 heterocycles. The van der Waals surface area contributed by atoms with E-state index in [-0.39, 0.29) is 5.91 Å². The topological polar surface area (TPSA) is 69.0 Å². The number of nitrogens with one attached hydrogen (secondary N) is 1. The van der Waals surface area contributed by atoms with E-state index in [1.54, 1.807) is 0 Å². The van der Waals surface area contributed by atoms with Crippen molar-refractivity contribution in [2.45, 2.75) is 76.7 Å². The van der Waals surface area contributed by atoms with Crippen LogP contribution in [0.4, 0.5) is 0 Å². The number of thioether (sulfide) groups is 1. The average Bonchev–Trinajstić information content (AvgIpc) is 3.13. The minimum absolute atomic E-state index is 0.0800. The molecule has 0 bridgehead atoms. The van der Waals surface area contributed by atoms with Crippen molar-refractivity contribution in [1.29, 1.82) is 0 Å². The minimum atomic E-state index is 0.0800. The molecule has 0 saturated heterocycles. The molecule has 0 atom stereocenters. The Morgan fingerprint density at radius 1 is 1.18 bits per heavy atom. The number of hydrogen-bond acceptors (Lipinski definition) is 5. The van der Waals surface area contributed by atoms with E-state index in [1.165, 1.54) is 36.6 Å². The largest absolute Gasteiger partial charge is 0.486 e. The van der Waals surface area contributed by atoms with Crippen LogP contribution in [0, 0.1) is 0 Å². The predicted octanol–water partition coefficient (Wildman–Crippen LogP) is 3.98. The van der Waals surface area contributed by atoms with Crippen molar-refractivity contribution in [3.05, 3.63) is 35.7 Å². The second kappa shape index (κ2) is 10.5. The molecule has 1 aliphatic carbocycles. The van der Waals surface area contributed by atoms with E-state index in [0.717, 1.165) is 42.5 Å². The Morgan fingerprint density at radius 3 is 2.61 bits per heavy atom. The Labute approximate surface area is 171 Å². The predicted molar refractivity (Wildman–Crippen MR) is 112 cm³/mol. The second-order valence-corrected chi connectivity index (χ2v) is 8.06. The SMILES string of the molecule is CCc1ccc(OCc2nnc(SCC(=O)NC3CCCCC3)n2CC)cc1. The molecular weight excluding hydrogens is 372 g/mol. The number of carbonyl (C=O) groups excluding carboxylic acids is 1. The standard InChI is InChI=1S/C21H30N4O2S/c1-3-16-10-12-18(13-11-16)27-14-19-23-24-21(25(19)4-2)28-15-20(26)22-17-8-6-5-7-9-17/h10-13,17H,3-9,14-15H2,1-2H3,(H,22,26). The Morgan fingerprint density at radius 2 is 1.93 bits per heavy atom. The highest BCUT2D eigenvalue weighted by molar-refractivity contribution is 7.99. The third-order valence-corrected chi connectivity index (χ3v) is 6.08. The maximum absolute atomic E-state index is 12.2. The first-order valence-corrected chi connectivity index (χ1v) is 11.2. The van der Waals surface area contributed by atoms with Gasteiger partial charge in [-0.15, -0.1) is 10.2 Å². The third-order valence-electron chi connectivity index (χ3n) is 5.11. The van der Waals surface area contributed by atoms with Gasteiger partial charge in [0.1, 0.15) is 12.4 Å². The summed E-state index contributed by atoms with van der Waals surface area (Å²) in [4.78, 5) is 12.2. The Bertz CT molecular complexity index is 754. The summed E-state index contributed by atoms with van der Waals surface area (Å²) in [5, 5.41) is 12.4. The summed E-state index contributed by atoms with van der Waals surface area (Å²) < 4.78 is 7.87. The fourth-order valence-corrected chi connectivity index (χ4v) is 4.30. The lowest BCUT2D eigenvalue weighted by Crippen LogP contribution is -2.37. The number of nitrogens with zero attached hydrogens (tertiary/aromatic N) is 3. The van der Waals surface area contributed by atoms with Gasteiger partial charge in [0.25, 0.3) is 0 Å². The van der Waals surface area contributed by atoms with Crippen LogP contribution in [0.1, 0.15) is 57.3 Å². The summed E-state index contributed by atoms with van der Waals surface area (Å²) in [5.74, 6) is 2.05.